The van der Waals surface area contributed by atoms with E-state index < -0.39 is 0 Å². The second-order valence-electron chi connectivity index (χ2n) is 3.35. The zero-order valence-corrected chi connectivity index (χ0v) is 8.96. The molecule has 0 unspecified atom stereocenters. The van der Waals surface area contributed by atoms with Crippen molar-refractivity contribution in [3.63, 3.8) is 0 Å². The third-order valence-corrected chi connectivity index (χ3v) is 2.10. The zero-order chi connectivity index (χ0) is 11.4. The van der Waals surface area contributed by atoms with Crippen LogP contribution in [0.2, 0.25) is 0 Å². The van der Waals surface area contributed by atoms with Crippen molar-refractivity contribution in [2.24, 2.45) is 0 Å². The maximum Gasteiger partial charge on any atom is 0.234 e. The van der Waals surface area contributed by atoms with Gasteiger partial charge in [0, 0.05) is 30.7 Å². The van der Waals surface area contributed by atoms with Gasteiger partial charge >= 0.3 is 0 Å². The molecule has 6 nitrogen and oxygen atoms in total. The van der Waals surface area contributed by atoms with Gasteiger partial charge in [0.05, 0.1) is 12.3 Å². The Kier molecular flexibility index (Phi) is 3.23. The van der Waals surface area contributed by atoms with E-state index in [0.29, 0.717) is 11.6 Å². The highest BCUT2D eigenvalue weighted by molar-refractivity contribution is 5.16. The highest BCUT2D eigenvalue weighted by Gasteiger charge is 2.02. The maximum absolute atomic E-state index is 8.89. The molecular weight excluding hydrogens is 206 g/mol. The summed E-state index contributed by atoms with van der Waals surface area (Å²) in [4.78, 5) is 12.4. The molecule has 2 heterocycles. The zero-order valence-electron chi connectivity index (χ0n) is 8.96. The van der Waals surface area contributed by atoms with Gasteiger partial charge in [-0.05, 0) is 7.05 Å². The van der Waals surface area contributed by atoms with Crippen LogP contribution in [0.1, 0.15) is 11.3 Å². The summed E-state index contributed by atoms with van der Waals surface area (Å²) in [7, 11) is 1.87. The second kappa shape index (κ2) is 4.82. The van der Waals surface area contributed by atoms with E-state index >= 15 is 0 Å². The Morgan fingerprint density at radius 3 is 2.62 bits per heavy atom. The predicted molar refractivity (Wildman–Crippen MR) is 57.8 cm³/mol. The lowest BCUT2D eigenvalue weighted by Gasteiger charge is -2.01. The molecule has 0 amide bonds. The van der Waals surface area contributed by atoms with E-state index in [2.05, 4.69) is 20.3 Å². The molecule has 2 aromatic heterocycles. The Labute approximate surface area is 93.0 Å². The molecule has 2 rings (SSSR count). The molecule has 2 aromatic rings. The first kappa shape index (κ1) is 10.7. The highest BCUT2D eigenvalue weighted by Crippen LogP contribution is 2.03. The minimum absolute atomic E-state index is 0.0785. The second-order valence-corrected chi connectivity index (χ2v) is 3.35. The van der Waals surface area contributed by atoms with Crippen molar-refractivity contribution in [3.8, 4) is 5.95 Å². The Morgan fingerprint density at radius 2 is 2.06 bits per heavy atom. The molecule has 0 aromatic carbocycles. The molecule has 0 atom stereocenters. The van der Waals surface area contributed by atoms with E-state index in [0.717, 1.165) is 12.1 Å². The number of hydrogen-bond donors (Lipinski definition) is 2. The van der Waals surface area contributed by atoms with E-state index in [1.165, 1.54) is 0 Å². The molecule has 6 heteroatoms. The molecule has 0 fully saturated rings. The maximum atomic E-state index is 8.89. The first-order valence-corrected chi connectivity index (χ1v) is 4.93. The van der Waals surface area contributed by atoms with Crippen molar-refractivity contribution >= 4 is 0 Å². The molecule has 0 aliphatic rings. The lowest BCUT2D eigenvalue weighted by Crippen LogP contribution is -2.07. The van der Waals surface area contributed by atoms with Gasteiger partial charge in [0.2, 0.25) is 5.95 Å². The lowest BCUT2D eigenvalue weighted by molar-refractivity contribution is 0.277. The third kappa shape index (κ3) is 2.23. The number of nitrogens with one attached hydrogen (secondary N) is 1. The highest BCUT2D eigenvalue weighted by atomic mass is 16.3. The molecule has 0 aliphatic carbocycles. The Hall–Kier alpha value is -1.79. The van der Waals surface area contributed by atoms with Crippen LogP contribution in [0.5, 0.6) is 0 Å². The van der Waals surface area contributed by atoms with Crippen molar-refractivity contribution in [1.29, 1.82) is 0 Å². The summed E-state index contributed by atoms with van der Waals surface area (Å²) in [5.41, 5.74) is 1.62. The normalized spacial score (nSPS) is 10.6. The van der Waals surface area contributed by atoms with E-state index in [1.807, 2.05) is 7.05 Å². The van der Waals surface area contributed by atoms with E-state index in [4.69, 9.17) is 5.11 Å². The fraction of sp³-hybridized carbons (Fsp3) is 0.300. The summed E-state index contributed by atoms with van der Waals surface area (Å²) in [5.74, 6) is 0.548. The van der Waals surface area contributed by atoms with Crippen LogP contribution in [0.25, 0.3) is 5.95 Å². The molecule has 2 N–H and O–H groups in total. The van der Waals surface area contributed by atoms with Crippen LogP contribution in [0.3, 0.4) is 0 Å². The fourth-order valence-corrected chi connectivity index (χ4v) is 1.33. The Balaban J connectivity index is 2.20. The predicted octanol–water partition coefficient (Wildman–Crippen LogP) is -0.126. The van der Waals surface area contributed by atoms with Gasteiger partial charge in [0.15, 0.2) is 0 Å². The summed E-state index contributed by atoms with van der Waals surface area (Å²) in [6.45, 7) is 0.664. The summed E-state index contributed by atoms with van der Waals surface area (Å²) >= 11 is 0. The van der Waals surface area contributed by atoms with Crippen LogP contribution in [0.15, 0.2) is 24.9 Å². The monoisotopic (exact) mass is 219 g/mol. The molecule has 16 heavy (non-hydrogen) atoms. The van der Waals surface area contributed by atoms with Crippen LogP contribution in [0, 0.1) is 0 Å². The van der Waals surface area contributed by atoms with Crippen LogP contribution in [-0.4, -0.2) is 31.7 Å². The Morgan fingerprint density at radius 1 is 1.31 bits per heavy atom. The van der Waals surface area contributed by atoms with E-state index in [-0.39, 0.29) is 6.61 Å². The van der Waals surface area contributed by atoms with Gasteiger partial charge in [-0.15, -0.1) is 0 Å². The van der Waals surface area contributed by atoms with Gasteiger partial charge in [-0.1, -0.05) is 0 Å². The van der Waals surface area contributed by atoms with Crippen molar-refractivity contribution in [1.82, 2.24) is 24.8 Å². The largest absolute Gasteiger partial charge is 0.390 e. The summed E-state index contributed by atoms with van der Waals surface area (Å²) in [5, 5.41) is 11.9. The van der Waals surface area contributed by atoms with Gasteiger partial charge in [0.25, 0.3) is 0 Å². The number of imidazole rings is 1. The first-order valence-electron chi connectivity index (χ1n) is 4.93. The molecule has 0 saturated carbocycles. The molecule has 0 bridgehead atoms. The number of aliphatic hydroxyl groups is 1. The molecule has 0 saturated heterocycles. The summed E-state index contributed by atoms with van der Waals surface area (Å²) < 4.78 is 1.68. The average molecular weight is 219 g/mol. The third-order valence-electron chi connectivity index (χ3n) is 2.10. The number of nitrogens with zero attached hydrogens (tertiary/aromatic N) is 4. The van der Waals surface area contributed by atoms with Gasteiger partial charge in [-0.2, -0.15) is 0 Å². The number of rotatable bonds is 4. The van der Waals surface area contributed by atoms with Gasteiger partial charge in [-0.25, -0.2) is 15.0 Å². The SMILES string of the molecule is CNCc1cnc(-n2cnc(CO)c2)nc1. The smallest absolute Gasteiger partial charge is 0.234 e. The molecule has 0 aliphatic heterocycles. The molecule has 0 spiro atoms. The van der Waals surface area contributed by atoms with Crippen LogP contribution in [0.4, 0.5) is 0 Å². The molecule has 84 valence electrons. The lowest BCUT2D eigenvalue weighted by atomic mass is 10.3. The van der Waals surface area contributed by atoms with Crippen molar-refractivity contribution in [3.05, 3.63) is 36.2 Å². The molecule has 0 radical (unpaired) electrons. The topological polar surface area (TPSA) is 75.9 Å². The van der Waals surface area contributed by atoms with Crippen molar-refractivity contribution in [2.75, 3.05) is 7.05 Å². The van der Waals surface area contributed by atoms with Gasteiger partial charge in [0.1, 0.15) is 6.33 Å². The number of aromatic nitrogens is 4. The minimum Gasteiger partial charge on any atom is -0.390 e. The van der Waals surface area contributed by atoms with Gasteiger partial charge < -0.3 is 10.4 Å². The van der Waals surface area contributed by atoms with Crippen LogP contribution >= 0.6 is 0 Å². The van der Waals surface area contributed by atoms with Gasteiger partial charge in [-0.3, -0.25) is 4.57 Å². The summed E-state index contributed by atoms with van der Waals surface area (Å²) in [6.07, 6.45) is 6.81. The standard InChI is InChI=1S/C10H13N5O/c1-11-2-8-3-12-10(13-4-8)15-5-9(6-16)14-7-15/h3-5,7,11,16H,2,6H2,1H3. The number of aliphatic hydroxyl groups excluding tert-OH is 1. The minimum atomic E-state index is -0.0785. The quantitative estimate of drug-likeness (QED) is 0.749. The van der Waals surface area contributed by atoms with Crippen LogP contribution in [-0.2, 0) is 13.2 Å². The summed E-state index contributed by atoms with van der Waals surface area (Å²) in [6, 6.07) is 0. The number of hydrogen-bond acceptors (Lipinski definition) is 5. The average Bonchev–Trinajstić information content (AvgIpc) is 2.79. The van der Waals surface area contributed by atoms with E-state index in [9.17, 15) is 0 Å². The van der Waals surface area contributed by atoms with Crippen molar-refractivity contribution in [2.45, 2.75) is 13.2 Å². The first-order chi connectivity index (χ1) is 7.83. The molecular formula is C10H13N5O. The fourth-order valence-electron chi connectivity index (χ4n) is 1.33. The van der Waals surface area contributed by atoms with Crippen molar-refractivity contribution < 1.29 is 5.11 Å². The van der Waals surface area contributed by atoms with E-state index in [1.54, 1.807) is 29.5 Å². The van der Waals surface area contributed by atoms with Crippen LogP contribution < -0.4 is 5.32 Å². The Bertz CT molecular complexity index is 450.